The first kappa shape index (κ1) is 14.7. The Morgan fingerprint density at radius 1 is 1.28 bits per heavy atom. The van der Waals surface area contributed by atoms with Gasteiger partial charge in [-0.15, -0.1) is 0 Å². The van der Waals surface area contributed by atoms with Gasteiger partial charge in [-0.2, -0.15) is 0 Å². The van der Waals surface area contributed by atoms with Crippen molar-refractivity contribution in [2.45, 2.75) is 45.6 Å². The molecule has 0 amide bonds. The van der Waals surface area contributed by atoms with Crippen LogP contribution in [0.3, 0.4) is 0 Å². The third kappa shape index (κ3) is 4.15. The fraction of sp³-hybridized carbons (Fsp3) is 0.533. The van der Waals surface area contributed by atoms with Gasteiger partial charge in [-0.1, -0.05) is 43.7 Å². The summed E-state index contributed by atoms with van der Waals surface area (Å²) < 4.78 is 0. The van der Waals surface area contributed by atoms with Crippen molar-refractivity contribution in [3.05, 3.63) is 35.4 Å². The average Bonchev–Trinajstić information content (AvgIpc) is 2.27. The zero-order chi connectivity index (χ0) is 13.8. The van der Waals surface area contributed by atoms with Crippen LogP contribution in [0.5, 0.6) is 0 Å². The number of hydrogen-bond acceptors (Lipinski definition) is 2. The van der Waals surface area contributed by atoms with Gasteiger partial charge in [0.05, 0.1) is 12.0 Å². The summed E-state index contributed by atoms with van der Waals surface area (Å²) in [5.74, 6) is -1.02. The molecule has 1 atom stereocenters. The monoisotopic (exact) mass is 250 g/mol. The van der Waals surface area contributed by atoms with E-state index in [4.69, 9.17) is 5.11 Å². The van der Waals surface area contributed by atoms with Crippen molar-refractivity contribution >= 4 is 5.97 Å². The Morgan fingerprint density at radius 2 is 1.83 bits per heavy atom. The van der Waals surface area contributed by atoms with Crippen LogP contribution in [0.25, 0.3) is 0 Å². The van der Waals surface area contributed by atoms with Gasteiger partial charge in [-0.3, -0.25) is 4.79 Å². The minimum absolute atomic E-state index is 0.0703. The van der Waals surface area contributed by atoms with Crippen LogP contribution in [0.4, 0.5) is 0 Å². The standard InChI is InChI=1S/C15H22O3/c1-11(2)15(18,10-14(16)17)9-8-13-6-4-12(3)5-7-13/h4-7,11,18H,8-10H2,1-3H3,(H,16,17)/t15-/m0/s1. The average molecular weight is 250 g/mol. The molecule has 3 heteroatoms. The molecular formula is C15H22O3. The van der Waals surface area contributed by atoms with E-state index in [0.29, 0.717) is 12.8 Å². The second-order valence-corrected chi connectivity index (χ2v) is 5.31. The molecule has 0 bridgehead atoms. The van der Waals surface area contributed by atoms with Crippen LogP contribution in [0, 0.1) is 12.8 Å². The molecule has 18 heavy (non-hydrogen) atoms. The molecule has 0 fully saturated rings. The second-order valence-electron chi connectivity index (χ2n) is 5.31. The van der Waals surface area contributed by atoms with Crippen LogP contribution < -0.4 is 0 Å². The molecule has 1 rings (SSSR count). The van der Waals surface area contributed by atoms with Crippen molar-refractivity contribution < 1.29 is 15.0 Å². The molecule has 0 radical (unpaired) electrons. The predicted molar refractivity (Wildman–Crippen MR) is 71.5 cm³/mol. The molecule has 0 saturated heterocycles. The summed E-state index contributed by atoms with van der Waals surface area (Å²) >= 11 is 0. The quantitative estimate of drug-likeness (QED) is 0.816. The van der Waals surface area contributed by atoms with Gasteiger partial charge in [-0.05, 0) is 31.2 Å². The summed E-state index contributed by atoms with van der Waals surface area (Å²) in [5, 5.41) is 19.3. The highest BCUT2D eigenvalue weighted by Crippen LogP contribution is 2.27. The van der Waals surface area contributed by atoms with Crippen LogP contribution >= 0.6 is 0 Å². The predicted octanol–water partition coefficient (Wildman–Crippen LogP) is 2.79. The van der Waals surface area contributed by atoms with Gasteiger partial charge in [0.1, 0.15) is 0 Å². The van der Waals surface area contributed by atoms with Crippen LogP contribution in [-0.2, 0) is 11.2 Å². The van der Waals surface area contributed by atoms with Gasteiger partial charge in [0.15, 0.2) is 0 Å². The van der Waals surface area contributed by atoms with E-state index in [9.17, 15) is 9.90 Å². The topological polar surface area (TPSA) is 57.5 Å². The number of rotatable bonds is 6. The lowest BCUT2D eigenvalue weighted by Crippen LogP contribution is -2.38. The Kier molecular flexibility index (Phi) is 4.91. The van der Waals surface area contributed by atoms with E-state index < -0.39 is 11.6 Å². The molecule has 0 aliphatic carbocycles. The van der Waals surface area contributed by atoms with E-state index in [0.717, 1.165) is 5.56 Å². The minimum Gasteiger partial charge on any atom is -0.481 e. The first-order valence-corrected chi connectivity index (χ1v) is 6.33. The maximum Gasteiger partial charge on any atom is 0.306 e. The Balaban J connectivity index is 2.67. The number of carboxylic acids is 1. The van der Waals surface area contributed by atoms with E-state index >= 15 is 0 Å². The fourth-order valence-corrected chi connectivity index (χ4v) is 1.96. The summed E-state index contributed by atoms with van der Waals surface area (Å²) in [6.45, 7) is 5.74. The third-order valence-corrected chi connectivity index (χ3v) is 3.50. The molecule has 0 aromatic heterocycles. The van der Waals surface area contributed by atoms with Gasteiger partial charge in [0.2, 0.25) is 0 Å². The maximum atomic E-state index is 10.8. The number of carbonyl (C=O) groups is 1. The highest BCUT2D eigenvalue weighted by molar-refractivity contribution is 5.68. The molecule has 1 aromatic rings. The molecule has 3 nitrogen and oxygen atoms in total. The van der Waals surface area contributed by atoms with Gasteiger partial charge in [-0.25, -0.2) is 0 Å². The lowest BCUT2D eigenvalue weighted by Gasteiger charge is -2.30. The van der Waals surface area contributed by atoms with E-state index in [1.807, 2.05) is 45.0 Å². The molecule has 0 aliphatic heterocycles. The second kappa shape index (κ2) is 6.01. The molecule has 0 aliphatic rings. The number of benzene rings is 1. The summed E-state index contributed by atoms with van der Waals surface area (Å²) in [6, 6.07) is 8.11. The summed E-state index contributed by atoms with van der Waals surface area (Å²) in [5.41, 5.74) is 1.20. The number of aliphatic hydroxyl groups is 1. The molecule has 0 heterocycles. The molecular weight excluding hydrogens is 228 g/mol. The lowest BCUT2D eigenvalue weighted by atomic mass is 9.82. The van der Waals surface area contributed by atoms with Crippen molar-refractivity contribution in [3.63, 3.8) is 0 Å². The Morgan fingerprint density at radius 3 is 2.28 bits per heavy atom. The van der Waals surface area contributed by atoms with Crippen LogP contribution in [-0.4, -0.2) is 21.8 Å². The van der Waals surface area contributed by atoms with Crippen LogP contribution in [0.1, 0.15) is 37.8 Å². The normalized spacial score (nSPS) is 14.5. The Bertz CT molecular complexity index is 395. The first-order valence-electron chi connectivity index (χ1n) is 6.33. The van der Waals surface area contributed by atoms with Gasteiger partial charge < -0.3 is 10.2 Å². The van der Waals surface area contributed by atoms with Crippen molar-refractivity contribution in [1.82, 2.24) is 0 Å². The van der Waals surface area contributed by atoms with Crippen molar-refractivity contribution in [2.24, 2.45) is 5.92 Å². The molecule has 2 N–H and O–H groups in total. The molecule has 0 saturated carbocycles. The first-order chi connectivity index (χ1) is 8.33. The number of carboxylic acid groups (broad SMARTS) is 1. The molecule has 0 spiro atoms. The van der Waals surface area contributed by atoms with E-state index in [2.05, 4.69) is 0 Å². The Labute approximate surface area is 108 Å². The molecule has 0 unspecified atom stereocenters. The largest absolute Gasteiger partial charge is 0.481 e. The minimum atomic E-state index is -1.13. The lowest BCUT2D eigenvalue weighted by molar-refractivity contribution is -0.145. The van der Waals surface area contributed by atoms with E-state index in [1.54, 1.807) is 0 Å². The smallest absolute Gasteiger partial charge is 0.306 e. The van der Waals surface area contributed by atoms with Crippen molar-refractivity contribution in [1.29, 1.82) is 0 Å². The Hall–Kier alpha value is -1.35. The number of aryl methyl sites for hydroxylation is 2. The van der Waals surface area contributed by atoms with E-state index in [1.165, 1.54) is 5.56 Å². The summed E-state index contributed by atoms with van der Waals surface area (Å²) in [4.78, 5) is 10.8. The highest BCUT2D eigenvalue weighted by Gasteiger charge is 2.33. The summed E-state index contributed by atoms with van der Waals surface area (Å²) in [6.07, 6.45) is 0.971. The highest BCUT2D eigenvalue weighted by atomic mass is 16.4. The fourth-order valence-electron chi connectivity index (χ4n) is 1.96. The summed E-state index contributed by atoms with van der Waals surface area (Å²) in [7, 11) is 0. The van der Waals surface area contributed by atoms with Crippen LogP contribution in [0.2, 0.25) is 0 Å². The third-order valence-electron chi connectivity index (χ3n) is 3.50. The zero-order valence-electron chi connectivity index (χ0n) is 11.3. The number of hydrogen-bond donors (Lipinski definition) is 2. The van der Waals surface area contributed by atoms with Gasteiger partial charge >= 0.3 is 5.97 Å². The van der Waals surface area contributed by atoms with Gasteiger partial charge in [0.25, 0.3) is 0 Å². The van der Waals surface area contributed by atoms with Crippen molar-refractivity contribution in [3.8, 4) is 0 Å². The van der Waals surface area contributed by atoms with Crippen molar-refractivity contribution in [2.75, 3.05) is 0 Å². The molecule has 1 aromatic carbocycles. The van der Waals surface area contributed by atoms with E-state index in [-0.39, 0.29) is 12.3 Å². The molecule has 100 valence electrons. The SMILES string of the molecule is Cc1ccc(CC[C@](O)(CC(=O)O)C(C)C)cc1. The zero-order valence-corrected chi connectivity index (χ0v) is 11.3. The number of aliphatic carboxylic acids is 1. The van der Waals surface area contributed by atoms with Gasteiger partial charge in [0, 0.05) is 0 Å². The maximum absolute atomic E-state index is 10.8. The van der Waals surface area contributed by atoms with Crippen LogP contribution in [0.15, 0.2) is 24.3 Å².